The lowest BCUT2D eigenvalue weighted by atomic mass is 10.1. The molecule has 0 bridgehead atoms. The number of cyclic esters (lactones) is 1. The minimum absolute atomic E-state index is 0.0644. The molecule has 1 unspecified atom stereocenters. The number of amides is 2. The molecule has 1 aliphatic heterocycles. The summed E-state index contributed by atoms with van der Waals surface area (Å²) in [6.07, 6.45) is 0.982. The standard InChI is InChI=1S/C18H19N3O4/c1-12(22)19-9-16-11-21(18(24)25-16)15-6-3-13(4-7-15)14-5-8-17(23)20(2)10-14/h3-8,10,16H,9,11H2,1-2H3,(H,19,22). The van der Waals surface area contributed by atoms with Gasteiger partial charge in [0, 0.05) is 31.9 Å². The van der Waals surface area contributed by atoms with Crippen LogP contribution in [0.5, 0.6) is 0 Å². The summed E-state index contributed by atoms with van der Waals surface area (Å²) in [5, 5.41) is 2.65. The van der Waals surface area contributed by atoms with Crippen LogP contribution in [-0.2, 0) is 16.6 Å². The predicted molar refractivity (Wildman–Crippen MR) is 93.4 cm³/mol. The number of anilines is 1. The number of aromatic nitrogens is 1. The number of pyridine rings is 1. The quantitative estimate of drug-likeness (QED) is 0.914. The summed E-state index contributed by atoms with van der Waals surface area (Å²) in [6, 6.07) is 10.7. The number of hydrogen-bond acceptors (Lipinski definition) is 4. The molecule has 0 radical (unpaired) electrons. The van der Waals surface area contributed by atoms with E-state index in [2.05, 4.69) is 5.32 Å². The van der Waals surface area contributed by atoms with Crippen LogP contribution < -0.4 is 15.8 Å². The lowest BCUT2D eigenvalue weighted by molar-refractivity contribution is -0.119. The summed E-state index contributed by atoms with van der Waals surface area (Å²) >= 11 is 0. The summed E-state index contributed by atoms with van der Waals surface area (Å²) in [5.74, 6) is -0.156. The van der Waals surface area contributed by atoms with Gasteiger partial charge in [-0.15, -0.1) is 0 Å². The van der Waals surface area contributed by atoms with Gasteiger partial charge in [0.2, 0.25) is 11.5 Å². The molecule has 1 fully saturated rings. The van der Waals surface area contributed by atoms with E-state index in [1.165, 1.54) is 22.5 Å². The largest absolute Gasteiger partial charge is 0.442 e. The predicted octanol–water partition coefficient (Wildman–Crippen LogP) is 1.51. The first-order chi connectivity index (χ1) is 11.9. The summed E-state index contributed by atoms with van der Waals surface area (Å²) in [5.41, 5.74) is 2.53. The maximum atomic E-state index is 12.0. The van der Waals surface area contributed by atoms with E-state index in [9.17, 15) is 14.4 Å². The van der Waals surface area contributed by atoms with Crippen LogP contribution in [-0.4, -0.2) is 35.8 Å². The molecule has 1 aliphatic rings. The third-order valence-corrected chi connectivity index (χ3v) is 4.05. The van der Waals surface area contributed by atoms with E-state index < -0.39 is 6.09 Å². The Kier molecular flexibility index (Phi) is 4.56. The molecule has 0 saturated carbocycles. The Morgan fingerprint density at radius 1 is 1.16 bits per heavy atom. The summed E-state index contributed by atoms with van der Waals surface area (Å²) in [6.45, 7) is 2.11. The highest BCUT2D eigenvalue weighted by Crippen LogP contribution is 2.25. The van der Waals surface area contributed by atoms with Gasteiger partial charge in [-0.1, -0.05) is 12.1 Å². The number of aryl methyl sites for hydroxylation is 1. The molecule has 3 rings (SSSR count). The highest BCUT2D eigenvalue weighted by Gasteiger charge is 2.32. The third-order valence-electron chi connectivity index (χ3n) is 4.05. The molecule has 1 atom stereocenters. The van der Waals surface area contributed by atoms with Crippen molar-refractivity contribution in [3.8, 4) is 11.1 Å². The number of carbonyl (C=O) groups excluding carboxylic acids is 2. The first-order valence-electron chi connectivity index (χ1n) is 7.94. The molecule has 1 saturated heterocycles. The number of nitrogens with one attached hydrogen (secondary N) is 1. The minimum Gasteiger partial charge on any atom is -0.442 e. The molecule has 1 aromatic heterocycles. The second kappa shape index (κ2) is 6.80. The molecule has 0 spiro atoms. The van der Waals surface area contributed by atoms with Crippen molar-refractivity contribution in [3.05, 3.63) is 52.9 Å². The fourth-order valence-corrected chi connectivity index (χ4v) is 2.69. The molecule has 2 heterocycles. The third kappa shape index (κ3) is 3.71. The van der Waals surface area contributed by atoms with Gasteiger partial charge in [-0.25, -0.2) is 4.79 Å². The van der Waals surface area contributed by atoms with Gasteiger partial charge >= 0.3 is 6.09 Å². The zero-order valence-electron chi connectivity index (χ0n) is 14.1. The average molecular weight is 341 g/mol. The molecular formula is C18H19N3O4. The normalized spacial score (nSPS) is 16.6. The average Bonchev–Trinajstić information content (AvgIpc) is 2.96. The Hall–Kier alpha value is -3.09. The fourth-order valence-electron chi connectivity index (χ4n) is 2.69. The Labute approximate surface area is 144 Å². The second-order valence-electron chi connectivity index (χ2n) is 5.97. The van der Waals surface area contributed by atoms with E-state index in [0.717, 1.165) is 16.8 Å². The van der Waals surface area contributed by atoms with Crippen LogP contribution in [0, 0.1) is 0 Å². The van der Waals surface area contributed by atoms with Crippen LogP contribution in [0.25, 0.3) is 11.1 Å². The number of rotatable bonds is 4. The molecule has 2 aromatic rings. The zero-order valence-corrected chi connectivity index (χ0v) is 14.1. The van der Waals surface area contributed by atoms with E-state index in [-0.39, 0.29) is 17.6 Å². The highest BCUT2D eigenvalue weighted by molar-refractivity contribution is 5.90. The second-order valence-corrected chi connectivity index (χ2v) is 5.97. The van der Waals surface area contributed by atoms with Gasteiger partial charge in [0.1, 0.15) is 6.10 Å². The topological polar surface area (TPSA) is 80.6 Å². The molecule has 1 N–H and O–H groups in total. The maximum Gasteiger partial charge on any atom is 0.414 e. The van der Waals surface area contributed by atoms with Crippen LogP contribution in [0.2, 0.25) is 0 Å². The molecule has 7 nitrogen and oxygen atoms in total. The highest BCUT2D eigenvalue weighted by atomic mass is 16.6. The number of carbonyl (C=O) groups is 2. The SMILES string of the molecule is CC(=O)NCC1CN(c2ccc(-c3ccc(=O)n(C)c3)cc2)C(=O)O1. The summed E-state index contributed by atoms with van der Waals surface area (Å²) in [4.78, 5) is 36.0. The van der Waals surface area contributed by atoms with Crippen LogP contribution in [0.1, 0.15) is 6.92 Å². The van der Waals surface area contributed by atoms with Crippen molar-refractivity contribution in [3.63, 3.8) is 0 Å². The van der Waals surface area contributed by atoms with Crippen molar-refractivity contribution in [2.24, 2.45) is 7.05 Å². The molecule has 25 heavy (non-hydrogen) atoms. The zero-order chi connectivity index (χ0) is 18.0. The van der Waals surface area contributed by atoms with Crippen molar-refractivity contribution in [1.29, 1.82) is 0 Å². The summed E-state index contributed by atoms with van der Waals surface area (Å²) < 4.78 is 6.78. The van der Waals surface area contributed by atoms with Crippen molar-refractivity contribution >= 4 is 17.7 Å². The van der Waals surface area contributed by atoms with Gasteiger partial charge in [0.15, 0.2) is 0 Å². The monoisotopic (exact) mass is 341 g/mol. The molecule has 2 amide bonds. The van der Waals surface area contributed by atoms with E-state index in [4.69, 9.17) is 4.74 Å². The van der Waals surface area contributed by atoms with Crippen LogP contribution in [0.4, 0.5) is 10.5 Å². The first-order valence-corrected chi connectivity index (χ1v) is 7.94. The number of ether oxygens (including phenoxy) is 1. The smallest absolute Gasteiger partial charge is 0.414 e. The van der Waals surface area contributed by atoms with Crippen molar-refractivity contribution in [1.82, 2.24) is 9.88 Å². The van der Waals surface area contributed by atoms with Crippen molar-refractivity contribution < 1.29 is 14.3 Å². The Morgan fingerprint density at radius 3 is 2.48 bits per heavy atom. The lowest BCUT2D eigenvalue weighted by Crippen LogP contribution is -2.33. The van der Waals surface area contributed by atoms with Crippen LogP contribution >= 0.6 is 0 Å². The van der Waals surface area contributed by atoms with E-state index in [0.29, 0.717) is 13.1 Å². The van der Waals surface area contributed by atoms with Gasteiger partial charge in [0.05, 0.1) is 13.1 Å². The van der Waals surface area contributed by atoms with Gasteiger partial charge in [-0.05, 0) is 29.3 Å². The van der Waals surface area contributed by atoms with E-state index in [1.54, 1.807) is 19.3 Å². The van der Waals surface area contributed by atoms with Crippen molar-refractivity contribution in [2.75, 3.05) is 18.0 Å². The molecule has 130 valence electrons. The van der Waals surface area contributed by atoms with E-state index >= 15 is 0 Å². The van der Waals surface area contributed by atoms with Gasteiger partial charge < -0.3 is 14.6 Å². The fraction of sp³-hybridized carbons (Fsp3) is 0.278. The Balaban J connectivity index is 1.74. The Morgan fingerprint density at radius 2 is 1.84 bits per heavy atom. The minimum atomic E-state index is -0.426. The number of nitrogens with zero attached hydrogens (tertiary/aromatic N) is 2. The van der Waals surface area contributed by atoms with Crippen LogP contribution in [0.3, 0.4) is 0 Å². The molecule has 1 aromatic carbocycles. The molecule has 7 heteroatoms. The van der Waals surface area contributed by atoms with Crippen LogP contribution in [0.15, 0.2) is 47.4 Å². The molecule has 0 aliphatic carbocycles. The van der Waals surface area contributed by atoms with Gasteiger partial charge in [-0.2, -0.15) is 0 Å². The molecular weight excluding hydrogens is 322 g/mol. The van der Waals surface area contributed by atoms with Gasteiger partial charge in [-0.3, -0.25) is 14.5 Å². The number of hydrogen-bond donors (Lipinski definition) is 1. The van der Waals surface area contributed by atoms with Gasteiger partial charge in [0.25, 0.3) is 0 Å². The number of benzene rings is 1. The Bertz CT molecular complexity index is 857. The lowest BCUT2D eigenvalue weighted by Gasteiger charge is -2.14. The summed E-state index contributed by atoms with van der Waals surface area (Å²) in [7, 11) is 1.70. The van der Waals surface area contributed by atoms with E-state index in [1.807, 2.05) is 24.3 Å². The van der Waals surface area contributed by atoms with Crippen molar-refractivity contribution in [2.45, 2.75) is 13.0 Å². The first kappa shape index (κ1) is 16.8. The maximum absolute atomic E-state index is 12.0.